The summed E-state index contributed by atoms with van der Waals surface area (Å²) in [6.07, 6.45) is 0.132. The fraction of sp³-hybridized carbons (Fsp3) is 0.273. The van der Waals surface area contributed by atoms with Crippen LogP contribution >= 0.6 is 15.9 Å². The van der Waals surface area contributed by atoms with Crippen molar-refractivity contribution in [2.45, 2.75) is 18.2 Å². The van der Waals surface area contributed by atoms with Gasteiger partial charge in [-0.1, -0.05) is 51.4 Å². The molecule has 0 saturated carbocycles. The van der Waals surface area contributed by atoms with Gasteiger partial charge in [-0.3, -0.25) is 4.79 Å². The van der Waals surface area contributed by atoms with E-state index in [1.807, 2.05) is 18.2 Å². The van der Waals surface area contributed by atoms with Crippen LogP contribution in [0.4, 0.5) is 0 Å². The van der Waals surface area contributed by atoms with E-state index < -0.39 is 0 Å². The fourth-order valence-electron chi connectivity index (χ4n) is 1.13. The van der Waals surface area contributed by atoms with Crippen LogP contribution in [0.5, 0.6) is 0 Å². The summed E-state index contributed by atoms with van der Waals surface area (Å²) >= 11 is 3.18. The third kappa shape index (κ3) is 3.47. The summed E-state index contributed by atoms with van der Waals surface area (Å²) in [5, 5.41) is 12.0. The van der Waals surface area contributed by atoms with Crippen LogP contribution in [-0.4, -0.2) is 21.5 Å². The van der Waals surface area contributed by atoms with E-state index in [9.17, 15) is 4.79 Å². The van der Waals surface area contributed by atoms with Crippen molar-refractivity contribution in [2.75, 3.05) is 0 Å². The summed E-state index contributed by atoms with van der Waals surface area (Å²) in [5.41, 5.74) is 1.16. The van der Waals surface area contributed by atoms with E-state index in [-0.39, 0.29) is 17.0 Å². The first-order valence-electron chi connectivity index (χ1n) is 4.58. The summed E-state index contributed by atoms with van der Waals surface area (Å²) in [7, 11) is 0. The normalized spacial score (nSPS) is 13.6. The molecule has 0 amide bonds. The van der Waals surface area contributed by atoms with Gasteiger partial charge in [-0.05, 0) is 12.5 Å². The number of benzene rings is 1. The zero-order valence-corrected chi connectivity index (χ0v) is 9.94. The van der Waals surface area contributed by atoms with Crippen LogP contribution in [0.25, 0.3) is 0 Å². The van der Waals surface area contributed by atoms with Crippen LogP contribution < -0.4 is 0 Å². The van der Waals surface area contributed by atoms with Crippen molar-refractivity contribution in [3.63, 3.8) is 0 Å². The third-order valence-electron chi connectivity index (χ3n) is 2.01. The van der Waals surface area contributed by atoms with Gasteiger partial charge in [-0.15, -0.1) is 0 Å². The van der Waals surface area contributed by atoms with Crippen molar-refractivity contribution < 1.29 is 10.0 Å². The van der Waals surface area contributed by atoms with E-state index in [2.05, 4.69) is 21.1 Å². The molecule has 0 fully saturated rings. The number of halogens is 1. The van der Waals surface area contributed by atoms with Gasteiger partial charge in [0.1, 0.15) is 0 Å². The maximum absolute atomic E-state index is 11.4. The number of hydrogen-bond acceptors (Lipinski definition) is 3. The van der Waals surface area contributed by atoms with Crippen molar-refractivity contribution >= 4 is 27.4 Å². The molecule has 0 aliphatic carbocycles. The Morgan fingerprint density at radius 3 is 2.53 bits per heavy atom. The van der Waals surface area contributed by atoms with E-state index >= 15 is 0 Å². The van der Waals surface area contributed by atoms with E-state index in [1.165, 1.54) is 0 Å². The Morgan fingerprint density at radius 1 is 1.47 bits per heavy atom. The minimum absolute atomic E-state index is 0.00773. The maximum Gasteiger partial charge on any atom is 0.152 e. The Labute approximate surface area is 96.9 Å². The first kappa shape index (κ1) is 11.9. The molecule has 0 spiro atoms. The lowest BCUT2D eigenvalue weighted by atomic mass is 10.0. The van der Waals surface area contributed by atoms with Crippen molar-refractivity contribution in [3.8, 4) is 0 Å². The topological polar surface area (TPSA) is 49.7 Å². The van der Waals surface area contributed by atoms with Gasteiger partial charge in [0.15, 0.2) is 5.78 Å². The summed E-state index contributed by atoms with van der Waals surface area (Å²) < 4.78 is 0. The number of carbonyl (C=O) groups excluding carboxylic acids is 1. The monoisotopic (exact) mass is 269 g/mol. The highest BCUT2D eigenvalue weighted by Crippen LogP contribution is 2.09. The molecule has 1 aromatic carbocycles. The number of Topliss-reactive ketones (excluding diaryl/α,β-unsaturated/α-hetero) is 1. The van der Waals surface area contributed by atoms with Crippen LogP contribution in [0.15, 0.2) is 35.5 Å². The molecule has 0 aliphatic rings. The smallest absolute Gasteiger partial charge is 0.152 e. The highest BCUT2D eigenvalue weighted by Gasteiger charge is 2.14. The van der Waals surface area contributed by atoms with Crippen molar-refractivity contribution in [3.05, 3.63) is 35.9 Å². The summed E-state index contributed by atoms with van der Waals surface area (Å²) in [6.45, 7) is 1.75. The standard InChI is InChI=1S/C11H12BrNO2/c1-8(12)11(14)7-10(13-15)9-5-3-2-4-6-9/h2-6,8,15H,7H2,1H3. The van der Waals surface area contributed by atoms with Crippen LogP contribution in [0, 0.1) is 0 Å². The third-order valence-corrected chi connectivity index (χ3v) is 2.52. The lowest BCUT2D eigenvalue weighted by molar-refractivity contribution is -0.117. The second-order valence-electron chi connectivity index (χ2n) is 3.17. The number of oxime groups is 1. The van der Waals surface area contributed by atoms with E-state index in [0.29, 0.717) is 5.71 Å². The average Bonchev–Trinajstić information content (AvgIpc) is 2.26. The molecule has 15 heavy (non-hydrogen) atoms. The lowest BCUT2D eigenvalue weighted by Gasteiger charge is -2.05. The van der Waals surface area contributed by atoms with Gasteiger partial charge in [0.25, 0.3) is 0 Å². The summed E-state index contributed by atoms with van der Waals surface area (Å²) in [5.74, 6) is -0.00773. The number of ketones is 1. The van der Waals surface area contributed by atoms with E-state index in [4.69, 9.17) is 5.21 Å². The van der Waals surface area contributed by atoms with E-state index in [1.54, 1.807) is 19.1 Å². The molecule has 0 aliphatic heterocycles. The van der Waals surface area contributed by atoms with Gasteiger partial charge in [-0.2, -0.15) is 0 Å². The Kier molecular flexibility index (Phi) is 4.49. The van der Waals surface area contributed by atoms with Gasteiger partial charge in [0.05, 0.1) is 17.0 Å². The zero-order chi connectivity index (χ0) is 11.3. The molecule has 0 radical (unpaired) electrons. The first-order valence-corrected chi connectivity index (χ1v) is 5.50. The van der Waals surface area contributed by atoms with E-state index in [0.717, 1.165) is 5.56 Å². The second kappa shape index (κ2) is 5.66. The molecular weight excluding hydrogens is 258 g/mol. The first-order chi connectivity index (χ1) is 7.15. The van der Waals surface area contributed by atoms with Gasteiger partial charge in [0, 0.05) is 0 Å². The Balaban J connectivity index is 2.79. The molecule has 3 nitrogen and oxygen atoms in total. The average molecular weight is 270 g/mol. The number of carbonyl (C=O) groups is 1. The van der Waals surface area contributed by atoms with Crippen molar-refractivity contribution in [1.82, 2.24) is 0 Å². The summed E-state index contributed by atoms with van der Waals surface area (Å²) in [4.78, 5) is 11.2. The molecule has 0 bridgehead atoms. The molecule has 0 aromatic heterocycles. The molecule has 0 saturated heterocycles. The highest BCUT2D eigenvalue weighted by atomic mass is 79.9. The minimum atomic E-state index is -0.224. The van der Waals surface area contributed by atoms with Crippen LogP contribution in [-0.2, 0) is 4.79 Å². The van der Waals surface area contributed by atoms with Crippen LogP contribution in [0.1, 0.15) is 18.9 Å². The molecule has 1 rings (SSSR count). The maximum atomic E-state index is 11.4. The van der Waals surface area contributed by atoms with Gasteiger partial charge in [-0.25, -0.2) is 0 Å². The van der Waals surface area contributed by atoms with Gasteiger partial charge >= 0.3 is 0 Å². The fourth-order valence-corrected chi connectivity index (χ4v) is 1.29. The Bertz CT molecular complexity index is 360. The minimum Gasteiger partial charge on any atom is -0.411 e. The second-order valence-corrected chi connectivity index (χ2v) is 4.55. The molecule has 1 aromatic rings. The molecule has 80 valence electrons. The van der Waals surface area contributed by atoms with Crippen molar-refractivity contribution in [1.29, 1.82) is 0 Å². The molecule has 1 atom stereocenters. The van der Waals surface area contributed by atoms with Gasteiger partial charge < -0.3 is 5.21 Å². The lowest BCUT2D eigenvalue weighted by Crippen LogP contribution is -2.16. The number of alkyl halides is 1. The Morgan fingerprint density at radius 2 is 2.07 bits per heavy atom. The number of rotatable bonds is 4. The molecule has 1 N–H and O–H groups in total. The quantitative estimate of drug-likeness (QED) is 0.395. The molecular formula is C11H12BrNO2. The number of nitrogens with zero attached hydrogens (tertiary/aromatic N) is 1. The predicted molar refractivity (Wildman–Crippen MR) is 62.8 cm³/mol. The van der Waals surface area contributed by atoms with Gasteiger partial charge in [0.2, 0.25) is 0 Å². The summed E-state index contributed by atoms with van der Waals surface area (Å²) in [6, 6.07) is 9.15. The van der Waals surface area contributed by atoms with Crippen LogP contribution in [0.2, 0.25) is 0 Å². The molecule has 4 heteroatoms. The highest BCUT2D eigenvalue weighted by molar-refractivity contribution is 9.10. The Hall–Kier alpha value is -1.16. The molecule has 0 heterocycles. The van der Waals surface area contributed by atoms with Crippen molar-refractivity contribution in [2.24, 2.45) is 5.16 Å². The number of hydrogen-bond donors (Lipinski definition) is 1. The molecule has 1 unspecified atom stereocenters. The predicted octanol–water partition coefficient (Wildman–Crippen LogP) is 2.61. The zero-order valence-electron chi connectivity index (χ0n) is 8.35. The largest absolute Gasteiger partial charge is 0.411 e. The SMILES string of the molecule is CC(Br)C(=O)CC(=NO)c1ccccc1. The van der Waals surface area contributed by atoms with Crippen LogP contribution in [0.3, 0.4) is 0 Å².